The summed E-state index contributed by atoms with van der Waals surface area (Å²) in [5.41, 5.74) is 5.60. The van der Waals surface area contributed by atoms with Gasteiger partial charge in [-0.3, -0.25) is 4.79 Å². The van der Waals surface area contributed by atoms with E-state index in [2.05, 4.69) is 4.98 Å². The van der Waals surface area contributed by atoms with Gasteiger partial charge < -0.3 is 10.3 Å². The van der Waals surface area contributed by atoms with Crippen LogP contribution in [-0.2, 0) is 4.79 Å². The number of hydrogen-bond acceptors (Lipinski definition) is 2. The zero-order chi connectivity index (χ0) is 15.9. The highest BCUT2D eigenvalue weighted by molar-refractivity contribution is 6.20. The maximum atomic E-state index is 13.9. The van der Waals surface area contributed by atoms with E-state index in [4.69, 9.17) is 17.3 Å². The van der Waals surface area contributed by atoms with Crippen LogP contribution in [0.4, 0.5) is 8.78 Å². The van der Waals surface area contributed by atoms with E-state index in [1.807, 2.05) is 0 Å². The number of amides is 1. The third-order valence-electron chi connectivity index (χ3n) is 3.30. The van der Waals surface area contributed by atoms with Crippen molar-refractivity contribution in [3.05, 3.63) is 29.6 Å². The number of alkyl halides is 1. The first-order valence-electron chi connectivity index (χ1n) is 6.54. The zero-order valence-electron chi connectivity index (χ0n) is 11.9. The molecule has 0 aliphatic carbocycles. The molecule has 4 nitrogen and oxygen atoms in total. The molecule has 0 bridgehead atoms. The fourth-order valence-corrected chi connectivity index (χ4v) is 2.62. The number of benzene rings is 1. The van der Waals surface area contributed by atoms with E-state index in [-0.39, 0.29) is 22.8 Å². The van der Waals surface area contributed by atoms with E-state index < -0.39 is 29.0 Å². The monoisotopic (exact) mass is 315 g/mol. The summed E-state index contributed by atoms with van der Waals surface area (Å²) in [5, 5.41) is -0.583. The minimum absolute atomic E-state index is 0.0224. The first-order chi connectivity index (χ1) is 9.73. The van der Waals surface area contributed by atoms with Crippen LogP contribution >= 0.6 is 11.6 Å². The molecule has 2 rings (SSSR count). The molecule has 1 aromatic heterocycles. The molecular weight excluding hydrogens is 300 g/mol. The molecule has 2 N–H and O–H groups in total. The number of rotatable bonds is 4. The standard InChI is InChI=1S/C14H16ClF2N3O/c1-6(2)12(13(18)21)20-10-5-8(16)4-9(17)11(10)19-14(20)7(3)15/h4-7,12H,1-3H3,(H2,18,21). The topological polar surface area (TPSA) is 60.9 Å². The average Bonchev–Trinajstić information content (AvgIpc) is 2.68. The molecule has 2 aromatic rings. The molecule has 0 saturated heterocycles. The number of fused-ring (bicyclic) bond motifs is 1. The number of carbonyl (C=O) groups is 1. The van der Waals surface area contributed by atoms with Crippen molar-refractivity contribution in [2.75, 3.05) is 0 Å². The summed E-state index contributed by atoms with van der Waals surface area (Å²) in [7, 11) is 0. The Labute approximate surface area is 125 Å². The summed E-state index contributed by atoms with van der Waals surface area (Å²) >= 11 is 6.07. The number of nitrogens with two attached hydrogens (primary N) is 1. The van der Waals surface area contributed by atoms with Crippen LogP contribution in [0.15, 0.2) is 12.1 Å². The van der Waals surface area contributed by atoms with Crippen LogP contribution in [0.1, 0.15) is 38.0 Å². The summed E-state index contributed by atoms with van der Waals surface area (Å²) in [6, 6.07) is 1.09. The van der Waals surface area contributed by atoms with Crippen molar-refractivity contribution in [3.63, 3.8) is 0 Å². The summed E-state index contributed by atoms with van der Waals surface area (Å²) in [6.45, 7) is 5.23. The maximum absolute atomic E-state index is 13.9. The summed E-state index contributed by atoms with van der Waals surface area (Å²) < 4.78 is 28.9. The number of primary amides is 1. The van der Waals surface area contributed by atoms with Crippen LogP contribution in [-0.4, -0.2) is 15.5 Å². The van der Waals surface area contributed by atoms with E-state index in [9.17, 15) is 13.6 Å². The van der Waals surface area contributed by atoms with Crippen LogP contribution in [0.3, 0.4) is 0 Å². The third-order valence-corrected chi connectivity index (χ3v) is 3.49. The lowest BCUT2D eigenvalue weighted by atomic mass is 10.0. The maximum Gasteiger partial charge on any atom is 0.240 e. The second-order valence-corrected chi connectivity index (χ2v) is 5.96. The van der Waals surface area contributed by atoms with Crippen molar-refractivity contribution in [2.24, 2.45) is 11.7 Å². The number of halogens is 3. The molecule has 1 aromatic carbocycles. The number of imidazole rings is 1. The van der Waals surface area contributed by atoms with Gasteiger partial charge in [-0.2, -0.15) is 0 Å². The van der Waals surface area contributed by atoms with Gasteiger partial charge in [-0.25, -0.2) is 13.8 Å². The lowest BCUT2D eigenvalue weighted by Gasteiger charge is -2.23. The van der Waals surface area contributed by atoms with Gasteiger partial charge in [0.05, 0.1) is 10.9 Å². The van der Waals surface area contributed by atoms with Crippen molar-refractivity contribution >= 4 is 28.5 Å². The quantitative estimate of drug-likeness (QED) is 0.880. The average molecular weight is 316 g/mol. The molecule has 7 heteroatoms. The Kier molecular flexibility index (Phi) is 4.18. The van der Waals surface area contributed by atoms with Gasteiger partial charge in [0, 0.05) is 12.1 Å². The van der Waals surface area contributed by atoms with Crippen LogP contribution in [0, 0.1) is 17.6 Å². The third kappa shape index (κ3) is 2.72. The second-order valence-electron chi connectivity index (χ2n) is 5.30. The highest BCUT2D eigenvalue weighted by Gasteiger charge is 2.29. The molecule has 0 fully saturated rings. The van der Waals surface area contributed by atoms with Gasteiger partial charge in [-0.15, -0.1) is 11.6 Å². The minimum Gasteiger partial charge on any atom is -0.368 e. The molecule has 0 saturated carbocycles. The van der Waals surface area contributed by atoms with Gasteiger partial charge in [-0.05, 0) is 12.8 Å². The number of carbonyl (C=O) groups excluding carboxylic acids is 1. The molecule has 2 atom stereocenters. The number of hydrogen-bond donors (Lipinski definition) is 1. The molecule has 2 unspecified atom stereocenters. The number of aromatic nitrogens is 2. The van der Waals surface area contributed by atoms with E-state index in [0.717, 1.165) is 12.1 Å². The molecule has 0 aliphatic heterocycles. The Morgan fingerprint density at radius 3 is 2.43 bits per heavy atom. The van der Waals surface area contributed by atoms with E-state index in [1.54, 1.807) is 20.8 Å². The van der Waals surface area contributed by atoms with Gasteiger partial charge in [0.2, 0.25) is 5.91 Å². The van der Waals surface area contributed by atoms with E-state index in [0.29, 0.717) is 0 Å². The fraction of sp³-hybridized carbons (Fsp3) is 0.429. The Morgan fingerprint density at radius 1 is 1.33 bits per heavy atom. The van der Waals surface area contributed by atoms with Crippen molar-refractivity contribution in [2.45, 2.75) is 32.2 Å². The first kappa shape index (κ1) is 15.7. The normalized spacial score (nSPS) is 14.6. The molecule has 0 radical (unpaired) electrons. The van der Waals surface area contributed by atoms with Crippen molar-refractivity contribution in [1.29, 1.82) is 0 Å². The highest BCUT2D eigenvalue weighted by atomic mass is 35.5. The van der Waals surface area contributed by atoms with Gasteiger partial charge >= 0.3 is 0 Å². The Morgan fingerprint density at radius 2 is 1.95 bits per heavy atom. The van der Waals surface area contributed by atoms with Gasteiger partial charge in [0.25, 0.3) is 0 Å². The Bertz CT molecular complexity index is 697. The van der Waals surface area contributed by atoms with E-state index >= 15 is 0 Å². The fourth-order valence-electron chi connectivity index (χ4n) is 2.47. The van der Waals surface area contributed by atoms with Crippen LogP contribution in [0.2, 0.25) is 0 Å². The van der Waals surface area contributed by atoms with Crippen molar-refractivity contribution < 1.29 is 13.6 Å². The SMILES string of the molecule is CC(Cl)c1nc2c(F)cc(F)cc2n1C(C(N)=O)C(C)C. The first-order valence-corrected chi connectivity index (χ1v) is 6.98. The summed E-state index contributed by atoms with van der Waals surface area (Å²) in [6.07, 6.45) is 0. The smallest absolute Gasteiger partial charge is 0.240 e. The van der Waals surface area contributed by atoms with Gasteiger partial charge in [-0.1, -0.05) is 13.8 Å². The van der Waals surface area contributed by atoms with Crippen LogP contribution in [0.5, 0.6) is 0 Å². The lowest BCUT2D eigenvalue weighted by molar-refractivity contribution is -0.122. The molecule has 1 amide bonds. The van der Waals surface area contributed by atoms with E-state index in [1.165, 1.54) is 4.57 Å². The van der Waals surface area contributed by atoms with Crippen LogP contribution in [0.25, 0.3) is 11.0 Å². The zero-order valence-corrected chi connectivity index (χ0v) is 12.7. The van der Waals surface area contributed by atoms with Crippen molar-refractivity contribution in [3.8, 4) is 0 Å². The van der Waals surface area contributed by atoms with Crippen molar-refractivity contribution in [1.82, 2.24) is 9.55 Å². The molecule has 114 valence electrons. The molecular formula is C14H16ClF2N3O. The summed E-state index contributed by atoms with van der Waals surface area (Å²) in [5.74, 6) is -2.04. The lowest BCUT2D eigenvalue weighted by Crippen LogP contribution is -2.31. The molecule has 0 aliphatic rings. The largest absolute Gasteiger partial charge is 0.368 e. The van der Waals surface area contributed by atoms with Gasteiger partial charge in [0.1, 0.15) is 23.2 Å². The summed E-state index contributed by atoms with van der Waals surface area (Å²) in [4.78, 5) is 15.9. The molecule has 1 heterocycles. The minimum atomic E-state index is -0.797. The highest BCUT2D eigenvalue weighted by Crippen LogP contribution is 2.32. The predicted octanol–water partition coefficient (Wildman–Crippen LogP) is 3.30. The predicted molar refractivity (Wildman–Crippen MR) is 77.0 cm³/mol. The number of nitrogens with zero attached hydrogens (tertiary/aromatic N) is 2. The Balaban J connectivity index is 2.86. The van der Waals surface area contributed by atoms with Crippen LogP contribution < -0.4 is 5.73 Å². The Hall–Kier alpha value is -1.69. The molecule has 0 spiro atoms. The van der Waals surface area contributed by atoms with Gasteiger partial charge in [0.15, 0.2) is 5.82 Å². The molecule has 21 heavy (non-hydrogen) atoms. The second kappa shape index (κ2) is 5.60.